The molecule has 0 saturated heterocycles. The van der Waals surface area contributed by atoms with Crippen LogP contribution in [0.4, 0.5) is 13.2 Å². The molecule has 0 fully saturated rings. The third kappa shape index (κ3) is 3.59. The van der Waals surface area contributed by atoms with Crippen LogP contribution in [0.5, 0.6) is 0 Å². The molecule has 1 aromatic heterocycles. The number of imidazole rings is 1. The third-order valence-electron chi connectivity index (χ3n) is 4.86. The lowest BCUT2D eigenvalue weighted by Crippen LogP contribution is -2.05. The van der Waals surface area contributed by atoms with E-state index in [0.717, 1.165) is 17.9 Å². The van der Waals surface area contributed by atoms with Crippen LogP contribution in [0.3, 0.4) is 0 Å². The number of aryl methyl sites for hydroxylation is 1. The highest BCUT2D eigenvalue weighted by Gasteiger charge is 2.34. The number of benzene rings is 3. The van der Waals surface area contributed by atoms with E-state index in [-0.39, 0.29) is 10.4 Å². The molecule has 4 rings (SSSR count). The first-order chi connectivity index (χ1) is 14.1. The number of hydrogen-bond acceptors (Lipinski definition) is 3. The highest BCUT2D eigenvalue weighted by Crippen LogP contribution is 2.36. The van der Waals surface area contributed by atoms with Gasteiger partial charge in [0.25, 0.3) is 0 Å². The zero-order chi connectivity index (χ0) is 21.7. The number of para-hydroxylation sites is 1. The van der Waals surface area contributed by atoms with E-state index in [0.29, 0.717) is 22.6 Å². The van der Waals surface area contributed by atoms with Gasteiger partial charge in [0.05, 0.1) is 16.0 Å². The molecule has 30 heavy (non-hydrogen) atoms. The van der Waals surface area contributed by atoms with Crippen molar-refractivity contribution in [3.05, 3.63) is 78.1 Å². The number of rotatable bonds is 3. The Morgan fingerprint density at radius 1 is 0.900 bits per heavy atom. The Kier molecular flexibility index (Phi) is 4.69. The zero-order valence-corrected chi connectivity index (χ0v) is 16.9. The molecule has 0 unspecified atom stereocenters. The standard InChI is InChI=1S/C22H17F3N2O2S/c1-14-26-21-19(22(23,24)25)10-5-11-20(21)27(14)17-8-3-6-15(12-17)16-7-4-9-18(13-16)30(2,28)29/h3-13H,1-2H3. The van der Waals surface area contributed by atoms with Crippen LogP contribution in [0.15, 0.2) is 71.6 Å². The molecule has 0 radical (unpaired) electrons. The van der Waals surface area contributed by atoms with E-state index in [4.69, 9.17) is 0 Å². The number of aromatic nitrogens is 2. The van der Waals surface area contributed by atoms with Gasteiger partial charge in [-0.2, -0.15) is 13.2 Å². The summed E-state index contributed by atoms with van der Waals surface area (Å²) in [4.78, 5) is 4.37. The van der Waals surface area contributed by atoms with E-state index in [2.05, 4.69) is 4.98 Å². The van der Waals surface area contributed by atoms with Gasteiger partial charge in [-0.3, -0.25) is 4.57 Å². The molecule has 8 heteroatoms. The third-order valence-corrected chi connectivity index (χ3v) is 5.97. The summed E-state index contributed by atoms with van der Waals surface area (Å²) in [5.74, 6) is 0.420. The first kappa shape index (κ1) is 20.2. The highest BCUT2D eigenvalue weighted by atomic mass is 32.2. The number of nitrogens with zero attached hydrogens (tertiary/aromatic N) is 2. The van der Waals surface area contributed by atoms with Crippen molar-refractivity contribution in [3.8, 4) is 16.8 Å². The summed E-state index contributed by atoms with van der Waals surface area (Å²) >= 11 is 0. The van der Waals surface area contributed by atoms with Gasteiger partial charge in [0.15, 0.2) is 9.84 Å². The Balaban J connectivity index is 1.89. The van der Waals surface area contributed by atoms with Crippen LogP contribution in [0.25, 0.3) is 27.8 Å². The average Bonchev–Trinajstić information content (AvgIpc) is 3.02. The minimum absolute atomic E-state index is 0.105. The minimum Gasteiger partial charge on any atom is -0.296 e. The topological polar surface area (TPSA) is 52.0 Å². The van der Waals surface area contributed by atoms with Gasteiger partial charge in [-0.15, -0.1) is 0 Å². The Bertz CT molecular complexity index is 1370. The second kappa shape index (κ2) is 6.98. The Morgan fingerprint density at radius 3 is 2.20 bits per heavy atom. The second-order valence-corrected chi connectivity index (χ2v) is 9.03. The van der Waals surface area contributed by atoms with Crippen LogP contribution >= 0.6 is 0 Å². The molecule has 154 valence electrons. The second-order valence-electron chi connectivity index (χ2n) is 7.02. The van der Waals surface area contributed by atoms with E-state index in [1.54, 1.807) is 54.0 Å². The fourth-order valence-corrected chi connectivity index (χ4v) is 4.17. The molecule has 0 spiro atoms. The minimum atomic E-state index is -4.50. The molecule has 0 amide bonds. The summed E-state index contributed by atoms with van der Waals surface area (Å²) < 4.78 is 65.5. The molecule has 4 nitrogen and oxygen atoms in total. The maximum atomic E-state index is 13.4. The molecular weight excluding hydrogens is 413 g/mol. The number of fused-ring (bicyclic) bond motifs is 1. The van der Waals surface area contributed by atoms with Gasteiger partial charge in [-0.1, -0.05) is 30.3 Å². The molecule has 0 saturated carbocycles. The van der Waals surface area contributed by atoms with Gasteiger partial charge in [0.2, 0.25) is 0 Å². The summed E-state index contributed by atoms with van der Waals surface area (Å²) in [6, 6.07) is 17.7. The number of halogens is 3. The van der Waals surface area contributed by atoms with Crippen molar-refractivity contribution in [3.63, 3.8) is 0 Å². The lowest BCUT2D eigenvalue weighted by molar-refractivity contribution is -0.136. The largest absolute Gasteiger partial charge is 0.418 e. The van der Waals surface area contributed by atoms with Crippen molar-refractivity contribution in [2.45, 2.75) is 18.0 Å². The van der Waals surface area contributed by atoms with E-state index < -0.39 is 21.6 Å². The number of alkyl halides is 3. The normalized spacial score (nSPS) is 12.4. The molecule has 0 aliphatic heterocycles. The Hall–Kier alpha value is -3.13. The summed E-state index contributed by atoms with van der Waals surface area (Å²) in [6.07, 6.45) is -3.36. The molecule has 0 N–H and O–H groups in total. The SMILES string of the molecule is Cc1nc2c(C(F)(F)F)cccc2n1-c1cccc(-c2cccc(S(C)(=O)=O)c2)c1. The Labute approximate surface area is 171 Å². The molecule has 0 aliphatic carbocycles. The summed E-state index contributed by atoms with van der Waals surface area (Å²) in [5.41, 5.74) is 1.54. The van der Waals surface area contributed by atoms with Crippen LogP contribution in [-0.4, -0.2) is 24.2 Å². The summed E-state index contributed by atoms with van der Waals surface area (Å²) in [7, 11) is -3.36. The van der Waals surface area contributed by atoms with Crippen LogP contribution in [-0.2, 0) is 16.0 Å². The lowest BCUT2D eigenvalue weighted by atomic mass is 10.1. The molecule has 1 heterocycles. The van der Waals surface area contributed by atoms with Gasteiger partial charge in [-0.25, -0.2) is 13.4 Å². The van der Waals surface area contributed by atoms with Crippen molar-refractivity contribution in [2.24, 2.45) is 0 Å². The quantitative estimate of drug-likeness (QED) is 0.436. The van der Waals surface area contributed by atoms with E-state index in [1.807, 2.05) is 6.07 Å². The van der Waals surface area contributed by atoms with Gasteiger partial charge in [0.1, 0.15) is 11.3 Å². The average molecular weight is 430 g/mol. The first-order valence-electron chi connectivity index (χ1n) is 9.02. The van der Waals surface area contributed by atoms with Crippen molar-refractivity contribution in [1.29, 1.82) is 0 Å². The summed E-state index contributed by atoms with van der Waals surface area (Å²) in [5, 5.41) is 0. The molecule has 0 atom stereocenters. The van der Waals surface area contributed by atoms with E-state index in [1.165, 1.54) is 12.1 Å². The van der Waals surface area contributed by atoms with Crippen molar-refractivity contribution in [2.75, 3.05) is 6.26 Å². The number of hydrogen-bond donors (Lipinski definition) is 0. The van der Waals surface area contributed by atoms with Crippen LogP contribution in [0, 0.1) is 6.92 Å². The molecule has 0 aliphatic rings. The van der Waals surface area contributed by atoms with Crippen molar-refractivity contribution in [1.82, 2.24) is 9.55 Å². The first-order valence-corrected chi connectivity index (χ1v) is 10.9. The maximum Gasteiger partial charge on any atom is 0.418 e. The predicted octanol–water partition coefficient (Wildman–Crippen LogP) is 5.42. The van der Waals surface area contributed by atoms with Gasteiger partial charge in [0, 0.05) is 11.9 Å². The van der Waals surface area contributed by atoms with Crippen molar-refractivity contribution >= 4 is 20.9 Å². The maximum absolute atomic E-state index is 13.4. The zero-order valence-electron chi connectivity index (χ0n) is 16.1. The van der Waals surface area contributed by atoms with Crippen molar-refractivity contribution < 1.29 is 21.6 Å². The summed E-state index contributed by atoms with van der Waals surface area (Å²) in [6.45, 7) is 1.65. The molecule has 4 aromatic rings. The monoisotopic (exact) mass is 430 g/mol. The molecule has 0 bridgehead atoms. The van der Waals surface area contributed by atoms with E-state index >= 15 is 0 Å². The molecule has 3 aromatic carbocycles. The van der Waals surface area contributed by atoms with E-state index in [9.17, 15) is 21.6 Å². The van der Waals surface area contributed by atoms with Gasteiger partial charge >= 0.3 is 6.18 Å². The van der Waals surface area contributed by atoms with Gasteiger partial charge in [-0.05, 0) is 54.4 Å². The fraction of sp³-hybridized carbons (Fsp3) is 0.136. The fourth-order valence-electron chi connectivity index (χ4n) is 3.50. The predicted molar refractivity (Wildman–Crippen MR) is 109 cm³/mol. The Morgan fingerprint density at radius 2 is 1.53 bits per heavy atom. The highest BCUT2D eigenvalue weighted by molar-refractivity contribution is 7.90. The smallest absolute Gasteiger partial charge is 0.296 e. The molecular formula is C22H17F3N2O2S. The lowest BCUT2D eigenvalue weighted by Gasteiger charge is -2.11. The van der Waals surface area contributed by atoms with Crippen LogP contribution < -0.4 is 0 Å². The van der Waals surface area contributed by atoms with Crippen LogP contribution in [0.2, 0.25) is 0 Å². The van der Waals surface area contributed by atoms with Gasteiger partial charge < -0.3 is 0 Å². The number of sulfone groups is 1. The van der Waals surface area contributed by atoms with Crippen LogP contribution in [0.1, 0.15) is 11.4 Å².